The van der Waals surface area contributed by atoms with Crippen LogP contribution in [0.2, 0.25) is 5.02 Å². The van der Waals surface area contributed by atoms with E-state index in [-0.39, 0.29) is 11.0 Å². The first kappa shape index (κ1) is 18.1. The fourth-order valence-corrected chi connectivity index (χ4v) is 4.65. The van der Waals surface area contributed by atoms with E-state index in [4.69, 9.17) is 23.8 Å². The number of aromatic nitrogens is 1. The highest BCUT2D eigenvalue weighted by Crippen LogP contribution is 2.35. The van der Waals surface area contributed by atoms with E-state index in [1.54, 1.807) is 23.5 Å². The fourth-order valence-electron chi connectivity index (χ4n) is 2.49. The second-order valence-electron chi connectivity index (χ2n) is 5.57. The number of halogens is 1. The third-order valence-corrected chi connectivity index (χ3v) is 6.18. The van der Waals surface area contributed by atoms with Crippen molar-refractivity contribution in [3.63, 3.8) is 0 Å². The number of thiazole rings is 1. The first-order chi connectivity index (χ1) is 13.1. The third-order valence-electron chi connectivity index (χ3n) is 3.72. The molecule has 0 aliphatic heterocycles. The minimum Gasteiger partial charge on any atom is -0.332 e. The molecule has 4 rings (SSSR count). The molecule has 0 radical (unpaired) electrons. The van der Waals surface area contributed by atoms with Crippen molar-refractivity contribution in [2.75, 3.05) is 5.32 Å². The molecule has 0 spiro atoms. The first-order valence-corrected chi connectivity index (χ1v) is 10.4. The number of benzene rings is 2. The molecule has 0 unspecified atom stereocenters. The highest BCUT2D eigenvalue weighted by atomic mass is 35.5. The van der Waals surface area contributed by atoms with Crippen molar-refractivity contribution in [1.29, 1.82) is 0 Å². The maximum absolute atomic E-state index is 12.0. The molecule has 2 aromatic heterocycles. The zero-order valence-electron chi connectivity index (χ0n) is 13.7. The molecule has 2 heterocycles. The van der Waals surface area contributed by atoms with Crippen LogP contribution in [-0.2, 0) is 0 Å². The summed E-state index contributed by atoms with van der Waals surface area (Å²) in [4.78, 5) is 17.3. The molecule has 0 saturated carbocycles. The summed E-state index contributed by atoms with van der Waals surface area (Å²) in [6.07, 6.45) is 0. The van der Waals surface area contributed by atoms with Crippen molar-refractivity contribution in [1.82, 2.24) is 10.3 Å². The number of rotatable bonds is 3. The van der Waals surface area contributed by atoms with Gasteiger partial charge in [-0.1, -0.05) is 29.8 Å². The lowest BCUT2D eigenvalue weighted by Gasteiger charge is -2.10. The first-order valence-electron chi connectivity index (χ1n) is 7.91. The average Bonchev–Trinajstić information content (AvgIpc) is 3.31. The normalized spacial score (nSPS) is 10.7. The van der Waals surface area contributed by atoms with Crippen molar-refractivity contribution in [2.24, 2.45) is 0 Å². The summed E-state index contributed by atoms with van der Waals surface area (Å²) in [7, 11) is 0. The number of nitrogens with one attached hydrogen (secondary N) is 2. The monoisotopic (exact) mass is 429 g/mol. The van der Waals surface area contributed by atoms with Gasteiger partial charge in [0.1, 0.15) is 5.01 Å². The Balaban J connectivity index is 1.49. The van der Waals surface area contributed by atoms with Gasteiger partial charge < -0.3 is 5.32 Å². The molecule has 4 nitrogen and oxygen atoms in total. The van der Waals surface area contributed by atoms with Crippen LogP contribution in [0.3, 0.4) is 0 Å². The Hall–Kier alpha value is -2.32. The van der Waals surface area contributed by atoms with Gasteiger partial charge in [-0.25, -0.2) is 4.98 Å². The molecule has 0 aliphatic carbocycles. The quantitative estimate of drug-likeness (QED) is 0.404. The van der Waals surface area contributed by atoms with Crippen LogP contribution in [0.1, 0.15) is 9.67 Å². The third kappa shape index (κ3) is 4.01. The standard InChI is InChI=1S/C19H12ClN3OS3/c20-13-10-11(21-19(25)23-17(24)16-6-3-9-26-16)7-8-12(13)18-22-14-4-1-2-5-15(14)27-18/h1-10H,(H2,21,23,24,25). The summed E-state index contributed by atoms with van der Waals surface area (Å²) in [5, 5.41) is 9.12. The summed E-state index contributed by atoms with van der Waals surface area (Å²) >= 11 is 14.6. The van der Waals surface area contributed by atoms with Crippen LogP contribution in [-0.4, -0.2) is 16.0 Å². The van der Waals surface area contributed by atoms with Crippen LogP contribution in [0.4, 0.5) is 5.69 Å². The molecular weight excluding hydrogens is 418 g/mol. The van der Waals surface area contributed by atoms with Gasteiger partial charge in [0.25, 0.3) is 5.91 Å². The van der Waals surface area contributed by atoms with Crippen LogP contribution in [0, 0.1) is 0 Å². The van der Waals surface area contributed by atoms with E-state index < -0.39 is 0 Å². The van der Waals surface area contributed by atoms with Crippen LogP contribution in [0.25, 0.3) is 20.8 Å². The van der Waals surface area contributed by atoms with Gasteiger partial charge in [0.2, 0.25) is 0 Å². The number of carbonyl (C=O) groups is 1. The summed E-state index contributed by atoms with van der Waals surface area (Å²) in [5.74, 6) is -0.236. The van der Waals surface area contributed by atoms with E-state index in [0.29, 0.717) is 15.6 Å². The molecular formula is C19H12ClN3OS3. The Kier molecular flexibility index (Phi) is 5.18. The molecule has 0 bridgehead atoms. The lowest BCUT2D eigenvalue weighted by molar-refractivity contribution is 0.0981. The second-order valence-corrected chi connectivity index (χ2v) is 8.36. The zero-order chi connectivity index (χ0) is 18.8. The molecule has 1 amide bonds. The van der Waals surface area contributed by atoms with Gasteiger partial charge in [0, 0.05) is 11.3 Å². The van der Waals surface area contributed by atoms with Gasteiger partial charge >= 0.3 is 0 Å². The molecule has 2 N–H and O–H groups in total. The summed E-state index contributed by atoms with van der Waals surface area (Å²) in [6, 6.07) is 17.1. The molecule has 134 valence electrons. The average molecular weight is 430 g/mol. The highest BCUT2D eigenvalue weighted by Gasteiger charge is 2.12. The van der Waals surface area contributed by atoms with Gasteiger partial charge in [-0.2, -0.15) is 0 Å². The Labute approximate surface area is 173 Å². The second kappa shape index (κ2) is 7.74. The Morgan fingerprint density at radius 3 is 2.70 bits per heavy atom. The van der Waals surface area contributed by atoms with E-state index in [1.807, 2.05) is 47.8 Å². The fraction of sp³-hybridized carbons (Fsp3) is 0. The van der Waals surface area contributed by atoms with E-state index in [1.165, 1.54) is 11.3 Å². The highest BCUT2D eigenvalue weighted by molar-refractivity contribution is 7.80. The topological polar surface area (TPSA) is 54.0 Å². The summed E-state index contributed by atoms with van der Waals surface area (Å²) < 4.78 is 1.11. The van der Waals surface area contributed by atoms with Crippen molar-refractivity contribution >= 4 is 73.4 Å². The number of hydrogen-bond acceptors (Lipinski definition) is 5. The number of amides is 1. The molecule has 0 atom stereocenters. The Morgan fingerprint density at radius 2 is 1.96 bits per heavy atom. The predicted molar refractivity (Wildman–Crippen MR) is 118 cm³/mol. The van der Waals surface area contributed by atoms with Crippen molar-refractivity contribution in [3.05, 3.63) is 69.9 Å². The lowest BCUT2D eigenvalue weighted by atomic mass is 10.2. The summed E-state index contributed by atoms with van der Waals surface area (Å²) in [5.41, 5.74) is 2.51. The number of anilines is 1. The Bertz CT molecular complexity index is 1110. The number of para-hydroxylation sites is 1. The van der Waals surface area contributed by atoms with Crippen molar-refractivity contribution in [3.8, 4) is 10.6 Å². The smallest absolute Gasteiger partial charge is 0.267 e. The van der Waals surface area contributed by atoms with Crippen LogP contribution in [0.15, 0.2) is 60.0 Å². The SMILES string of the molecule is O=C(NC(=S)Nc1ccc(-c2nc3ccccc3s2)c(Cl)c1)c1cccs1. The van der Waals surface area contributed by atoms with E-state index in [0.717, 1.165) is 20.8 Å². The van der Waals surface area contributed by atoms with Crippen molar-refractivity contribution in [2.45, 2.75) is 0 Å². The van der Waals surface area contributed by atoms with Gasteiger partial charge in [-0.3, -0.25) is 10.1 Å². The van der Waals surface area contributed by atoms with Gasteiger partial charge in [-0.15, -0.1) is 22.7 Å². The van der Waals surface area contributed by atoms with E-state index >= 15 is 0 Å². The minimum atomic E-state index is -0.236. The Morgan fingerprint density at radius 1 is 1.11 bits per heavy atom. The molecule has 0 saturated heterocycles. The van der Waals surface area contributed by atoms with E-state index in [9.17, 15) is 4.79 Å². The number of carbonyl (C=O) groups excluding carboxylic acids is 1. The largest absolute Gasteiger partial charge is 0.332 e. The maximum atomic E-state index is 12.0. The molecule has 0 aliphatic rings. The van der Waals surface area contributed by atoms with Crippen LogP contribution in [0.5, 0.6) is 0 Å². The number of fused-ring (bicyclic) bond motifs is 1. The summed E-state index contributed by atoms with van der Waals surface area (Å²) in [6.45, 7) is 0. The molecule has 0 fully saturated rings. The molecule has 2 aromatic carbocycles. The number of hydrogen-bond donors (Lipinski definition) is 2. The van der Waals surface area contributed by atoms with E-state index in [2.05, 4.69) is 15.6 Å². The maximum Gasteiger partial charge on any atom is 0.267 e. The van der Waals surface area contributed by atoms with Gasteiger partial charge in [0.05, 0.1) is 20.1 Å². The van der Waals surface area contributed by atoms with Gasteiger partial charge in [0.15, 0.2) is 5.11 Å². The lowest BCUT2D eigenvalue weighted by Crippen LogP contribution is -2.33. The molecule has 4 aromatic rings. The number of thiophene rings is 1. The number of nitrogens with zero attached hydrogens (tertiary/aromatic N) is 1. The van der Waals surface area contributed by atoms with Crippen LogP contribution < -0.4 is 10.6 Å². The number of thiocarbonyl (C=S) groups is 1. The van der Waals surface area contributed by atoms with Gasteiger partial charge in [-0.05, 0) is 54.0 Å². The van der Waals surface area contributed by atoms with Crippen LogP contribution >= 0.6 is 46.5 Å². The van der Waals surface area contributed by atoms with Crippen molar-refractivity contribution < 1.29 is 4.79 Å². The molecule has 27 heavy (non-hydrogen) atoms. The predicted octanol–water partition coefficient (Wildman–Crippen LogP) is 5.81. The minimum absolute atomic E-state index is 0.220. The zero-order valence-corrected chi connectivity index (χ0v) is 16.9. The molecule has 8 heteroatoms.